The Kier molecular flexibility index (Phi) is 6.50. The second-order valence-electron chi connectivity index (χ2n) is 10.3. The van der Waals surface area contributed by atoms with E-state index in [1.807, 2.05) is 69.3 Å². The van der Waals surface area contributed by atoms with Gasteiger partial charge in [0.2, 0.25) is 0 Å². The summed E-state index contributed by atoms with van der Waals surface area (Å²) in [6, 6.07) is 20.1. The van der Waals surface area contributed by atoms with Gasteiger partial charge < -0.3 is 14.9 Å². The standard InChI is InChI=1S/C28H35NO4/c1-26(2,3)33-25(31)23-19-28(22-13-8-5-9-14-22)27(32,16-10-18-30)17-15-24(23)29(28)20-21-11-6-4-7-12-21/h4-14,16,23-24,30,32H,15,17-20H2,1-3H3/t23?,24-,27+,28+/m0/s1. The molecule has 2 saturated heterocycles. The molecule has 2 heterocycles. The zero-order chi connectivity index (χ0) is 23.7. The van der Waals surface area contributed by atoms with Crippen molar-refractivity contribution >= 4 is 5.97 Å². The van der Waals surface area contributed by atoms with Crippen molar-refractivity contribution in [3.8, 4) is 0 Å². The fourth-order valence-electron chi connectivity index (χ4n) is 5.80. The molecule has 0 aromatic heterocycles. The molecule has 5 nitrogen and oxygen atoms in total. The predicted molar refractivity (Wildman–Crippen MR) is 128 cm³/mol. The first-order chi connectivity index (χ1) is 15.7. The molecule has 0 spiro atoms. The van der Waals surface area contributed by atoms with Gasteiger partial charge >= 0.3 is 5.97 Å². The van der Waals surface area contributed by atoms with Crippen molar-refractivity contribution in [1.82, 2.24) is 4.90 Å². The van der Waals surface area contributed by atoms with E-state index in [0.29, 0.717) is 25.8 Å². The number of piperidine rings is 1. The fraction of sp³-hybridized carbons (Fsp3) is 0.464. The summed E-state index contributed by atoms with van der Waals surface area (Å²) in [5.74, 6) is -0.566. The van der Waals surface area contributed by atoms with Crippen LogP contribution in [0.15, 0.2) is 72.8 Å². The third-order valence-electron chi connectivity index (χ3n) is 7.06. The minimum atomic E-state index is -1.24. The second-order valence-corrected chi connectivity index (χ2v) is 10.3. The molecule has 4 rings (SSSR count). The van der Waals surface area contributed by atoms with Crippen LogP contribution in [0, 0.1) is 5.92 Å². The van der Waals surface area contributed by atoms with Crippen LogP contribution in [0.5, 0.6) is 0 Å². The number of hydrogen-bond acceptors (Lipinski definition) is 5. The molecule has 0 amide bonds. The van der Waals surface area contributed by atoms with E-state index >= 15 is 0 Å². The van der Waals surface area contributed by atoms with Gasteiger partial charge in [-0.1, -0.05) is 72.8 Å². The summed E-state index contributed by atoms with van der Waals surface area (Å²) in [4.78, 5) is 15.7. The number of aliphatic hydroxyl groups is 2. The number of ether oxygens (including phenoxy) is 1. The topological polar surface area (TPSA) is 70.0 Å². The lowest BCUT2D eigenvalue weighted by Crippen LogP contribution is -2.62. The number of hydrogen-bond donors (Lipinski definition) is 2. The Morgan fingerprint density at radius 3 is 2.36 bits per heavy atom. The first kappa shape index (κ1) is 23.7. The van der Waals surface area contributed by atoms with Crippen LogP contribution >= 0.6 is 0 Å². The van der Waals surface area contributed by atoms with Crippen molar-refractivity contribution in [2.75, 3.05) is 6.61 Å². The summed E-state index contributed by atoms with van der Waals surface area (Å²) in [6.45, 7) is 6.13. The summed E-state index contributed by atoms with van der Waals surface area (Å²) in [5, 5.41) is 21.7. The minimum absolute atomic E-state index is 0.0527. The van der Waals surface area contributed by atoms with Crippen LogP contribution in [0.3, 0.4) is 0 Å². The maximum Gasteiger partial charge on any atom is 0.311 e. The van der Waals surface area contributed by atoms with Gasteiger partial charge in [0.25, 0.3) is 0 Å². The third-order valence-corrected chi connectivity index (χ3v) is 7.06. The monoisotopic (exact) mass is 449 g/mol. The van der Waals surface area contributed by atoms with Crippen LogP contribution in [0.25, 0.3) is 0 Å². The number of aliphatic hydroxyl groups excluding tert-OH is 1. The van der Waals surface area contributed by atoms with Crippen LogP contribution in [0.2, 0.25) is 0 Å². The Bertz CT molecular complexity index is 984. The van der Waals surface area contributed by atoms with Crippen molar-refractivity contribution in [3.63, 3.8) is 0 Å². The number of nitrogens with zero attached hydrogens (tertiary/aromatic N) is 1. The van der Waals surface area contributed by atoms with Crippen LogP contribution < -0.4 is 0 Å². The van der Waals surface area contributed by atoms with Gasteiger partial charge in [0, 0.05) is 12.6 Å². The lowest BCUT2D eigenvalue weighted by Gasteiger charge is -2.54. The van der Waals surface area contributed by atoms with Crippen LogP contribution in [0.4, 0.5) is 0 Å². The summed E-state index contributed by atoms with van der Waals surface area (Å²) in [5.41, 5.74) is -0.533. The molecule has 5 heteroatoms. The quantitative estimate of drug-likeness (QED) is 0.511. The zero-order valence-electron chi connectivity index (χ0n) is 19.8. The van der Waals surface area contributed by atoms with Crippen molar-refractivity contribution in [1.29, 1.82) is 0 Å². The van der Waals surface area contributed by atoms with Gasteiger partial charge in [-0.3, -0.25) is 9.69 Å². The molecule has 4 atom stereocenters. The number of carbonyl (C=O) groups is 1. The van der Waals surface area contributed by atoms with Crippen molar-refractivity contribution in [2.45, 2.75) is 69.4 Å². The van der Waals surface area contributed by atoms with Crippen LogP contribution in [-0.4, -0.2) is 44.9 Å². The molecule has 0 radical (unpaired) electrons. The molecule has 2 aromatic carbocycles. The lowest BCUT2D eigenvalue weighted by atomic mass is 9.68. The van der Waals surface area contributed by atoms with Crippen molar-refractivity contribution in [3.05, 3.63) is 83.9 Å². The molecule has 2 aliphatic heterocycles. The molecule has 0 aliphatic carbocycles. The van der Waals surface area contributed by atoms with E-state index in [9.17, 15) is 15.0 Å². The summed E-state index contributed by atoms with van der Waals surface area (Å²) >= 11 is 0. The van der Waals surface area contributed by atoms with Gasteiger partial charge in [0.05, 0.1) is 18.1 Å². The van der Waals surface area contributed by atoms with Crippen molar-refractivity contribution in [2.24, 2.45) is 5.92 Å². The lowest BCUT2D eigenvalue weighted by molar-refractivity contribution is -0.161. The van der Waals surface area contributed by atoms with E-state index in [1.165, 1.54) is 0 Å². The summed E-state index contributed by atoms with van der Waals surface area (Å²) < 4.78 is 5.85. The van der Waals surface area contributed by atoms with E-state index in [0.717, 1.165) is 11.1 Å². The molecule has 1 unspecified atom stereocenters. The predicted octanol–water partition coefficient (Wildman–Crippen LogP) is 4.19. The Hall–Kier alpha value is -2.47. The summed E-state index contributed by atoms with van der Waals surface area (Å²) in [6.07, 6.45) is 4.99. The van der Waals surface area contributed by atoms with Gasteiger partial charge in [-0.2, -0.15) is 0 Å². The van der Waals surface area contributed by atoms with Gasteiger partial charge in [-0.25, -0.2) is 0 Å². The minimum Gasteiger partial charge on any atom is -0.460 e. The fourth-order valence-corrected chi connectivity index (χ4v) is 5.80. The molecule has 33 heavy (non-hydrogen) atoms. The maximum absolute atomic E-state index is 13.4. The normalized spacial score (nSPS) is 30.0. The van der Waals surface area contributed by atoms with E-state index < -0.39 is 16.7 Å². The molecule has 2 aliphatic rings. The Labute approximate surface area is 196 Å². The Balaban J connectivity index is 1.87. The molecule has 176 valence electrons. The Morgan fingerprint density at radius 1 is 1.12 bits per heavy atom. The number of benzene rings is 2. The molecule has 2 bridgehead atoms. The number of fused-ring (bicyclic) bond motifs is 2. The summed E-state index contributed by atoms with van der Waals surface area (Å²) in [7, 11) is 0. The van der Waals surface area contributed by atoms with Crippen LogP contribution in [0.1, 0.15) is 51.2 Å². The highest BCUT2D eigenvalue weighted by atomic mass is 16.6. The largest absolute Gasteiger partial charge is 0.460 e. The SMILES string of the molecule is CC(C)(C)OC(=O)C1C[C@]2(c3ccccc3)N(Cc3ccccc3)[C@H]1CC[C@]2(O)C=CCO. The molecule has 2 aromatic rings. The van der Waals surface area contributed by atoms with Gasteiger partial charge in [-0.05, 0) is 51.2 Å². The zero-order valence-corrected chi connectivity index (χ0v) is 19.8. The van der Waals surface area contributed by atoms with Gasteiger partial charge in [0.15, 0.2) is 0 Å². The number of esters is 1. The van der Waals surface area contributed by atoms with E-state index in [-0.39, 0.29) is 24.5 Å². The first-order valence-electron chi connectivity index (χ1n) is 11.8. The highest BCUT2D eigenvalue weighted by Crippen LogP contribution is 2.59. The molecule has 2 fully saturated rings. The number of carbonyl (C=O) groups excluding carboxylic acids is 1. The van der Waals surface area contributed by atoms with Gasteiger partial charge in [0.1, 0.15) is 11.2 Å². The smallest absolute Gasteiger partial charge is 0.311 e. The average molecular weight is 450 g/mol. The molecule has 0 saturated carbocycles. The van der Waals surface area contributed by atoms with E-state index in [1.54, 1.807) is 12.2 Å². The maximum atomic E-state index is 13.4. The average Bonchev–Trinajstić information content (AvgIpc) is 3.04. The highest BCUT2D eigenvalue weighted by molar-refractivity contribution is 5.75. The van der Waals surface area contributed by atoms with E-state index in [4.69, 9.17) is 4.74 Å². The van der Waals surface area contributed by atoms with Crippen LogP contribution in [-0.2, 0) is 21.6 Å². The Morgan fingerprint density at radius 2 is 1.76 bits per heavy atom. The van der Waals surface area contributed by atoms with E-state index in [2.05, 4.69) is 17.0 Å². The molecule has 2 N–H and O–H groups in total. The van der Waals surface area contributed by atoms with Gasteiger partial charge in [-0.15, -0.1) is 0 Å². The van der Waals surface area contributed by atoms with Crippen molar-refractivity contribution < 1.29 is 19.7 Å². The second kappa shape index (κ2) is 9.05. The third kappa shape index (κ3) is 4.37. The first-order valence-corrected chi connectivity index (χ1v) is 11.8. The number of rotatable bonds is 6. The molecular formula is C28H35NO4. The highest BCUT2D eigenvalue weighted by Gasteiger charge is 2.66. The molecular weight excluding hydrogens is 414 g/mol.